The van der Waals surface area contributed by atoms with Crippen LogP contribution in [-0.4, -0.2) is 11.6 Å². The summed E-state index contributed by atoms with van der Waals surface area (Å²) < 4.78 is 0. The molecule has 2 aliphatic rings. The lowest BCUT2D eigenvalue weighted by Gasteiger charge is -2.34. The monoisotopic (exact) mass is 396 g/mol. The van der Waals surface area contributed by atoms with Gasteiger partial charge < -0.3 is 0 Å². The molecule has 0 fully saturated rings. The highest BCUT2D eigenvalue weighted by molar-refractivity contribution is 6.23. The Bertz CT molecular complexity index is 1170. The summed E-state index contributed by atoms with van der Waals surface area (Å²) in [5.41, 5.74) is 6.70. The fourth-order valence-corrected chi connectivity index (χ4v) is 4.34. The Labute approximate surface area is 179 Å². The van der Waals surface area contributed by atoms with Crippen LogP contribution in [-0.2, 0) is 0 Å². The Morgan fingerprint density at radius 3 is 1.63 bits per heavy atom. The summed E-state index contributed by atoms with van der Waals surface area (Å²) in [5, 5.41) is 0. The van der Waals surface area contributed by atoms with Crippen molar-refractivity contribution in [1.29, 1.82) is 0 Å². The van der Waals surface area contributed by atoms with E-state index in [0.29, 0.717) is 5.56 Å². The molecule has 0 radical (unpaired) electrons. The van der Waals surface area contributed by atoms with Gasteiger partial charge in [0.2, 0.25) is 0 Å². The third-order valence-corrected chi connectivity index (χ3v) is 5.89. The second kappa shape index (κ2) is 6.77. The van der Waals surface area contributed by atoms with Crippen LogP contribution in [0.25, 0.3) is 11.1 Å². The molecule has 0 saturated heterocycles. The van der Waals surface area contributed by atoms with Crippen molar-refractivity contribution in [3.05, 3.63) is 94.1 Å². The van der Waals surface area contributed by atoms with E-state index in [1.165, 1.54) is 0 Å². The van der Waals surface area contributed by atoms with Gasteiger partial charge >= 0.3 is 0 Å². The SMILES string of the molecule is CC(C)(C)C1=C/C(=C2\C(C(C)(C)C)=CC(=O)c3ccccc32)c2ccccc2C1=O. The minimum Gasteiger partial charge on any atom is -0.289 e. The van der Waals surface area contributed by atoms with Gasteiger partial charge in [0.05, 0.1) is 0 Å². The molecule has 2 aromatic carbocycles. The molecular weight excluding hydrogens is 368 g/mol. The van der Waals surface area contributed by atoms with Crippen LogP contribution in [0.4, 0.5) is 0 Å². The Morgan fingerprint density at radius 1 is 0.567 bits per heavy atom. The van der Waals surface area contributed by atoms with Crippen molar-refractivity contribution < 1.29 is 9.59 Å². The third-order valence-electron chi connectivity index (χ3n) is 5.89. The summed E-state index contributed by atoms with van der Waals surface area (Å²) in [7, 11) is 0. The molecule has 152 valence electrons. The van der Waals surface area contributed by atoms with Crippen molar-refractivity contribution >= 4 is 22.7 Å². The topological polar surface area (TPSA) is 34.1 Å². The number of allylic oxidation sites excluding steroid dienone is 6. The lowest BCUT2D eigenvalue weighted by molar-refractivity contribution is 0.101. The highest BCUT2D eigenvalue weighted by atomic mass is 16.1. The second-order valence-corrected chi connectivity index (χ2v) is 10.2. The van der Waals surface area contributed by atoms with Gasteiger partial charge in [-0.3, -0.25) is 9.59 Å². The highest BCUT2D eigenvalue weighted by Gasteiger charge is 2.36. The van der Waals surface area contributed by atoms with Gasteiger partial charge in [-0.25, -0.2) is 0 Å². The molecule has 0 bridgehead atoms. The Kier molecular flexibility index (Phi) is 4.58. The van der Waals surface area contributed by atoms with Gasteiger partial charge in [0.1, 0.15) is 0 Å². The van der Waals surface area contributed by atoms with Crippen molar-refractivity contribution in [1.82, 2.24) is 0 Å². The van der Waals surface area contributed by atoms with Gasteiger partial charge in [0.15, 0.2) is 11.6 Å². The molecule has 30 heavy (non-hydrogen) atoms. The number of ketones is 2. The molecule has 2 aromatic rings. The van der Waals surface area contributed by atoms with Crippen molar-refractivity contribution in [2.24, 2.45) is 10.8 Å². The van der Waals surface area contributed by atoms with E-state index in [1.807, 2.05) is 48.5 Å². The number of carbonyl (C=O) groups excluding carboxylic acids is 2. The van der Waals surface area contributed by atoms with Crippen molar-refractivity contribution in [3.8, 4) is 0 Å². The average molecular weight is 397 g/mol. The number of Topliss-reactive ketones (excluding diaryl/α,β-unsaturated/α-hetero) is 1. The molecule has 0 heterocycles. The van der Waals surface area contributed by atoms with Crippen LogP contribution in [0.5, 0.6) is 0 Å². The molecule has 2 nitrogen and oxygen atoms in total. The van der Waals surface area contributed by atoms with E-state index in [2.05, 4.69) is 47.6 Å². The van der Waals surface area contributed by atoms with Crippen LogP contribution in [0.3, 0.4) is 0 Å². The van der Waals surface area contributed by atoms with E-state index < -0.39 is 0 Å². The van der Waals surface area contributed by atoms with Gasteiger partial charge in [-0.2, -0.15) is 0 Å². The van der Waals surface area contributed by atoms with Crippen molar-refractivity contribution in [2.45, 2.75) is 41.5 Å². The molecule has 0 aromatic heterocycles. The lowest BCUT2D eigenvalue weighted by atomic mass is 9.69. The Morgan fingerprint density at radius 2 is 1.07 bits per heavy atom. The van der Waals surface area contributed by atoms with E-state index in [4.69, 9.17) is 0 Å². The van der Waals surface area contributed by atoms with E-state index in [1.54, 1.807) is 6.08 Å². The minimum atomic E-state index is -0.286. The number of fused-ring (bicyclic) bond motifs is 2. The van der Waals surface area contributed by atoms with Crippen LogP contribution < -0.4 is 0 Å². The molecule has 0 N–H and O–H groups in total. The fourth-order valence-electron chi connectivity index (χ4n) is 4.34. The van der Waals surface area contributed by atoms with Crippen LogP contribution in [0.1, 0.15) is 73.4 Å². The van der Waals surface area contributed by atoms with Gasteiger partial charge in [-0.1, -0.05) is 90.1 Å². The van der Waals surface area contributed by atoms with Gasteiger partial charge in [-0.05, 0) is 50.8 Å². The molecule has 0 saturated carbocycles. The summed E-state index contributed by atoms with van der Waals surface area (Å²) >= 11 is 0. The first-order valence-corrected chi connectivity index (χ1v) is 10.5. The second-order valence-electron chi connectivity index (χ2n) is 10.2. The molecule has 0 aliphatic heterocycles. The first-order valence-electron chi connectivity index (χ1n) is 10.5. The van der Waals surface area contributed by atoms with Crippen LogP contribution in [0.15, 0.2) is 71.8 Å². The number of rotatable bonds is 0. The molecule has 0 spiro atoms. The summed E-state index contributed by atoms with van der Waals surface area (Å²) in [6, 6.07) is 15.6. The maximum absolute atomic E-state index is 13.3. The summed E-state index contributed by atoms with van der Waals surface area (Å²) in [6.07, 6.45) is 3.85. The minimum absolute atomic E-state index is 0.0417. The van der Waals surface area contributed by atoms with E-state index in [0.717, 1.165) is 39.0 Å². The standard InChI is InChI=1S/C28H28O2/c1-27(2,3)22-16-24(29)18-12-8-9-13-19(18)25(22)21-15-23(28(4,5)6)26(30)20-14-10-7-11-17(20)21/h7-16H,1-6H3/b25-21+. The molecule has 4 rings (SSSR count). The number of hydrogen-bond donors (Lipinski definition) is 0. The first kappa shape index (κ1) is 20.3. The van der Waals surface area contributed by atoms with Gasteiger partial charge in [-0.15, -0.1) is 0 Å². The largest absolute Gasteiger partial charge is 0.289 e. The zero-order valence-electron chi connectivity index (χ0n) is 18.6. The summed E-state index contributed by atoms with van der Waals surface area (Å²) in [6.45, 7) is 12.6. The summed E-state index contributed by atoms with van der Waals surface area (Å²) in [4.78, 5) is 26.2. The smallest absolute Gasteiger partial charge is 0.190 e. The van der Waals surface area contributed by atoms with E-state index >= 15 is 0 Å². The summed E-state index contributed by atoms with van der Waals surface area (Å²) in [5.74, 6) is 0.129. The maximum atomic E-state index is 13.3. The molecule has 0 atom stereocenters. The number of carbonyl (C=O) groups is 2. The normalized spacial score (nSPS) is 19.1. The van der Waals surface area contributed by atoms with Crippen LogP contribution in [0.2, 0.25) is 0 Å². The van der Waals surface area contributed by atoms with Crippen LogP contribution in [0, 0.1) is 10.8 Å². The van der Waals surface area contributed by atoms with Gasteiger partial charge in [0, 0.05) is 16.7 Å². The number of hydrogen-bond acceptors (Lipinski definition) is 2. The third kappa shape index (κ3) is 3.21. The zero-order chi connectivity index (χ0) is 21.8. The quantitative estimate of drug-likeness (QED) is 0.483. The Balaban J connectivity index is 2.17. The molecular formula is C28H28O2. The predicted octanol–water partition coefficient (Wildman–Crippen LogP) is 6.94. The molecule has 0 unspecified atom stereocenters. The van der Waals surface area contributed by atoms with E-state index in [-0.39, 0.29) is 22.4 Å². The first-order chi connectivity index (χ1) is 14.0. The van der Waals surface area contributed by atoms with Crippen molar-refractivity contribution in [2.75, 3.05) is 0 Å². The predicted molar refractivity (Wildman–Crippen MR) is 123 cm³/mol. The lowest BCUT2D eigenvalue weighted by Crippen LogP contribution is -2.24. The van der Waals surface area contributed by atoms with Crippen molar-refractivity contribution in [3.63, 3.8) is 0 Å². The Hall–Kier alpha value is -3.00. The maximum Gasteiger partial charge on any atom is 0.190 e. The molecule has 0 amide bonds. The van der Waals surface area contributed by atoms with E-state index in [9.17, 15) is 9.59 Å². The average Bonchev–Trinajstić information content (AvgIpc) is 2.67. The molecule has 2 heteroatoms. The van der Waals surface area contributed by atoms with Crippen LogP contribution >= 0.6 is 0 Å². The number of benzene rings is 2. The molecule has 2 aliphatic carbocycles. The highest BCUT2D eigenvalue weighted by Crippen LogP contribution is 2.48. The fraction of sp³-hybridized carbons (Fsp3) is 0.286. The van der Waals surface area contributed by atoms with Gasteiger partial charge in [0.25, 0.3) is 0 Å². The zero-order valence-corrected chi connectivity index (χ0v) is 18.6.